The third kappa shape index (κ3) is 4.37. The average molecular weight is 268 g/mol. The molecular weight excluding hydrogens is 240 g/mol. The molecule has 2 aliphatic carbocycles. The Morgan fingerprint density at radius 2 is 1.84 bits per heavy atom. The smallest absolute Gasteiger partial charge is 0.315 e. The van der Waals surface area contributed by atoms with Gasteiger partial charge < -0.3 is 15.7 Å². The second-order valence-corrected chi connectivity index (χ2v) is 6.38. The number of carbonyl (C=O) groups is 1. The van der Waals surface area contributed by atoms with Crippen LogP contribution in [0.1, 0.15) is 64.7 Å². The van der Waals surface area contributed by atoms with Crippen LogP contribution < -0.4 is 10.6 Å². The van der Waals surface area contributed by atoms with E-state index in [9.17, 15) is 9.90 Å². The topological polar surface area (TPSA) is 61.4 Å². The van der Waals surface area contributed by atoms with E-state index < -0.39 is 5.60 Å². The van der Waals surface area contributed by atoms with Crippen molar-refractivity contribution in [3.8, 4) is 0 Å². The zero-order chi connectivity index (χ0) is 13.7. The summed E-state index contributed by atoms with van der Waals surface area (Å²) in [7, 11) is 0. The Morgan fingerprint density at radius 1 is 1.21 bits per heavy atom. The molecule has 0 aliphatic heterocycles. The number of aliphatic hydroxyl groups is 1. The fourth-order valence-corrected chi connectivity index (χ4v) is 3.35. The number of hydrogen-bond acceptors (Lipinski definition) is 2. The second-order valence-electron chi connectivity index (χ2n) is 6.38. The highest BCUT2D eigenvalue weighted by Gasteiger charge is 2.33. The average Bonchev–Trinajstić information content (AvgIpc) is 2.90. The van der Waals surface area contributed by atoms with Crippen molar-refractivity contribution < 1.29 is 9.90 Å². The molecule has 0 radical (unpaired) electrons. The van der Waals surface area contributed by atoms with Gasteiger partial charge in [-0.25, -0.2) is 4.79 Å². The molecule has 0 aromatic rings. The van der Waals surface area contributed by atoms with E-state index >= 15 is 0 Å². The Hall–Kier alpha value is -0.770. The highest BCUT2D eigenvalue weighted by Crippen LogP contribution is 2.33. The van der Waals surface area contributed by atoms with E-state index in [0.717, 1.165) is 44.4 Å². The number of amides is 2. The number of urea groups is 1. The highest BCUT2D eigenvalue weighted by molar-refractivity contribution is 5.74. The van der Waals surface area contributed by atoms with Gasteiger partial charge in [-0.3, -0.25) is 0 Å². The van der Waals surface area contributed by atoms with Crippen molar-refractivity contribution in [2.75, 3.05) is 6.54 Å². The first-order valence-corrected chi connectivity index (χ1v) is 7.88. The first kappa shape index (κ1) is 14.6. The summed E-state index contributed by atoms with van der Waals surface area (Å²) in [4.78, 5) is 11.8. The molecule has 0 bridgehead atoms. The Kier molecular flexibility index (Phi) is 5.08. The molecule has 0 heterocycles. The van der Waals surface area contributed by atoms with Gasteiger partial charge in [0.25, 0.3) is 0 Å². The molecule has 4 heteroatoms. The lowest BCUT2D eigenvalue weighted by Crippen LogP contribution is -2.49. The standard InChI is InChI=1S/C15H28N2O2/c1-2-12-7-9-15(19,10-8-12)11-16-14(18)17-13-5-3-4-6-13/h12-13,19H,2-11H2,1H3,(H2,16,17,18). The molecule has 4 nitrogen and oxygen atoms in total. The van der Waals surface area contributed by atoms with Crippen LogP contribution in [0.5, 0.6) is 0 Å². The van der Waals surface area contributed by atoms with Gasteiger partial charge >= 0.3 is 6.03 Å². The Balaban J connectivity index is 1.67. The second kappa shape index (κ2) is 6.60. The lowest BCUT2D eigenvalue weighted by atomic mass is 9.78. The van der Waals surface area contributed by atoms with E-state index in [4.69, 9.17) is 0 Å². The van der Waals surface area contributed by atoms with Gasteiger partial charge in [0.1, 0.15) is 0 Å². The first-order valence-electron chi connectivity index (χ1n) is 7.88. The van der Waals surface area contributed by atoms with E-state index in [0.29, 0.717) is 12.6 Å². The third-order valence-electron chi connectivity index (χ3n) is 4.88. The summed E-state index contributed by atoms with van der Waals surface area (Å²) >= 11 is 0. The minimum atomic E-state index is -0.682. The molecule has 19 heavy (non-hydrogen) atoms. The predicted octanol–water partition coefficient (Wildman–Crippen LogP) is 2.56. The van der Waals surface area contributed by atoms with Gasteiger partial charge in [-0.1, -0.05) is 26.2 Å². The predicted molar refractivity (Wildman–Crippen MR) is 76.0 cm³/mol. The summed E-state index contributed by atoms with van der Waals surface area (Å²) in [5.41, 5.74) is -0.682. The number of rotatable bonds is 4. The summed E-state index contributed by atoms with van der Waals surface area (Å²) < 4.78 is 0. The summed E-state index contributed by atoms with van der Waals surface area (Å²) in [6, 6.07) is 0.225. The zero-order valence-electron chi connectivity index (χ0n) is 12.1. The minimum absolute atomic E-state index is 0.113. The number of carbonyl (C=O) groups excluding carboxylic acids is 1. The quantitative estimate of drug-likeness (QED) is 0.734. The fraction of sp³-hybridized carbons (Fsp3) is 0.933. The van der Waals surface area contributed by atoms with Gasteiger partial charge in [-0.05, 0) is 44.4 Å². The van der Waals surface area contributed by atoms with Crippen LogP contribution in [-0.4, -0.2) is 29.3 Å². The van der Waals surface area contributed by atoms with Crippen molar-refractivity contribution in [1.29, 1.82) is 0 Å². The van der Waals surface area contributed by atoms with Gasteiger partial charge in [0.05, 0.1) is 5.60 Å². The van der Waals surface area contributed by atoms with Crippen LogP contribution in [0.4, 0.5) is 4.79 Å². The number of hydrogen-bond donors (Lipinski definition) is 3. The molecule has 2 amide bonds. The largest absolute Gasteiger partial charge is 0.388 e. The normalized spacial score (nSPS) is 32.2. The lowest BCUT2D eigenvalue weighted by Gasteiger charge is -2.35. The van der Waals surface area contributed by atoms with E-state index in [1.807, 2.05) is 0 Å². The van der Waals surface area contributed by atoms with Crippen LogP contribution in [0.2, 0.25) is 0 Å². The fourth-order valence-electron chi connectivity index (χ4n) is 3.35. The van der Waals surface area contributed by atoms with Crippen LogP contribution >= 0.6 is 0 Å². The molecule has 2 rings (SSSR count). The van der Waals surface area contributed by atoms with Crippen molar-refractivity contribution in [1.82, 2.24) is 10.6 Å². The summed E-state index contributed by atoms with van der Waals surface area (Å²) in [5, 5.41) is 16.3. The van der Waals surface area contributed by atoms with Gasteiger partial charge in [-0.15, -0.1) is 0 Å². The monoisotopic (exact) mass is 268 g/mol. The molecule has 0 atom stereocenters. The van der Waals surface area contributed by atoms with Crippen molar-refractivity contribution >= 4 is 6.03 Å². The molecule has 0 aromatic carbocycles. The third-order valence-corrected chi connectivity index (χ3v) is 4.88. The molecule has 0 unspecified atom stereocenters. The van der Waals surface area contributed by atoms with E-state index in [1.54, 1.807) is 0 Å². The maximum Gasteiger partial charge on any atom is 0.315 e. The highest BCUT2D eigenvalue weighted by atomic mass is 16.3. The molecule has 0 aromatic heterocycles. The van der Waals surface area contributed by atoms with E-state index in [-0.39, 0.29) is 6.03 Å². The van der Waals surface area contributed by atoms with Gasteiger partial charge in [0, 0.05) is 12.6 Å². The lowest BCUT2D eigenvalue weighted by molar-refractivity contribution is -0.00648. The van der Waals surface area contributed by atoms with E-state index in [1.165, 1.54) is 19.3 Å². The van der Waals surface area contributed by atoms with Gasteiger partial charge in [0.15, 0.2) is 0 Å². The molecule has 110 valence electrons. The molecule has 0 spiro atoms. The zero-order valence-corrected chi connectivity index (χ0v) is 12.1. The Morgan fingerprint density at radius 3 is 2.42 bits per heavy atom. The maximum absolute atomic E-state index is 11.8. The van der Waals surface area contributed by atoms with Crippen molar-refractivity contribution in [3.63, 3.8) is 0 Å². The van der Waals surface area contributed by atoms with Crippen LogP contribution in [0.25, 0.3) is 0 Å². The van der Waals surface area contributed by atoms with Crippen molar-refractivity contribution in [3.05, 3.63) is 0 Å². The van der Waals surface area contributed by atoms with Crippen molar-refractivity contribution in [2.45, 2.75) is 76.4 Å². The van der Waals surface area contributed by atoms with Crippen LogP contribution in [0, 0.1) is 5.92 Å². The van der Waals surface area contributed by atoms with Gasteiger partial charge in [-0.2, -0.15) is 0 Å². The van der Waals surface area contributed by atoms with Crippen LogP contribution in [0.3, 0.4) is 0 Å². The Bertz CT molecular complexity index is 293. The SMILES string of the molecule is CCC1CCC(O)(CNC(=O)NC2CCCC2)CC1. The molecule has 0 saturated heterocycles. The summed E-state index contributed by atoms with van der Waals surface area (Å²) in [5.74, 6) is 0.757. The molecular formula is C15H28N2O2. The number of nitrogens with one attached hydrogen (secondary N) is 2. The van der Waals surface area contributed by atoms with Crippen LogP contribution in [0.15, 0.2) is 0 Å². The molecule has 2 fully saturated rings. The van der Waals surface area contributed by atoms with Crippen LogP contribution in [-0.2, 0) is 0 Å². The minimum Gasteiger partial charge on any atom is -0.388 e. The molecule has 2 aliphatic rings. The molecule has 3 N–H and O–H groups in total. The van der Waals surface area contributed by atoms with E-state index in [2.05, 4.69) is 17.6 Å². The van der Waals surface area contributed by atoms with Crippen molar-refractivity contribution in [2.24, 2.45) is 5.92 Å². The Labute approximate surface area is 116 Å². The summed E-state index contributed by atoms with van der Waals surface area (Å²) in [6.45, 7) is 2.60. The maximum atomic E-state index is 11.8. The first-order chi connectivity index (χ1) is 9.11. The van der Waals surface area contributed by atoms with Gasteiger partial charge in [0.2, 0.25) is 0 Å². The summed E-state index contributed by atoms with van der Waals surface area (Å²) in [6.07, 6.45) is 9.61. The molecule has 2 saturated carbocycles.